The van der Waals surface area contributed by atoms with Gasteiger partial charge in [0, 0.05) is 18.5 Å². The topological polar surface area (TPSA) is 40.5 Å². The summed E-state index contributed by atoms with van der Waals surface area (Å²) in [6.45, 7) is 6.18. The standard InChI is InChI=1S/C51H89NO2/c1-3-5-7-9-11-13-15-17-19-21-23-25-27-29-31-33-35-39-45-52(51(54)49-44-43-47-41-37-38-42-48(47)50(49)53)46-40-36-34-32-30-28-26-24-22-20-18-16-14-12-10-8-6-4-2/h37-38,41-44,53H,3-36,39-40,45-46H2,1-2H3. The summed E-state index contributed by atoms with van der Waals surface area (Å²) < 4.78 is 0. The molecular weight excluding hydrogens is 659 g/mol. The highest BCUT2D eigenvalue weighted by atomic mass is 16.3. The first-order valence-corrected chi connectivity index (χ1v) is 24.2. The molecular formula is C51H89NO2. The highest BCUT2D eigenvalue weighted by Crippen LogP contribution is 2.30. The lowest BCUT2D eigenvalue weighted by Crippen LogP contribution is -2.33. The van der Waals surface area contributed by atoms with Gasteiger partial charge in [-0.1, -0.05) is 262 Å². The number of phenols is 1. The first-order chi connectivity index (χ1) is 26.7. The molecule has 0 aliphatic carbocycles. The van der Waals surface area contributed by atoms with Crippen LogP contribution in [0, 0.1) is 0 Å². The zero-order chi connectivity index (χ0) is 38.6. The van der Waals surface area contributed by atoms with E-state index in [1.54, 1.807) is 0 Å². The molecule has 0 unspecified atom stereocenters. The molecule has 54 heavy (non-hydrogen) atoms. The number of amides is 1. The van der Waals surface area contributed by atoms with E-state index in [2.05, 4.69) is 13.8 Å². The van der Waals surface area contributed by atoms with Crippen LogP contribution in [0.4, 0.5) is 0 Å². The SMILES string of the molecule is CCCCCCCCCCCCCCCCCCCCN(CCCCCCCCCCCCCCCCCCCC)C(=O)c1ccc2ccccc2c1O. The molecule has 1 N–H and O–H groups in total. The van der Waals surface area contributed by atoms with Gasteiger partial charge < -0.3 is 10.0 Å². The van der Waals surface area contributed by atoms with Crippen molar-refractivity contribution >= 4 is 16.7 Å². The summed E-state index contributed by atoms with van der Waals surface area (Å²) in [6.07, 6.45) is 49.3. The van der Waals surface area contributed by atoms with E-state index in [4.69, 9.17) is 0 Å². The van der Waals surface area contributed by atoms with Gasteiger partial charge in [0.25, 0.3) is 5.91 Å². The van der Waals surface area contributed by atoms with E-state index in [1.165, 1.54) is 218 Å². The number of phenolic OH excluding ortho intramolecular Hbond substituents is 1. The van der Waals surface area contributed by atoms with E-state index in [-0.39, 0.29) is 11.7 Å². The number of carbonyl (C=O) groups excluding carboxylic acids is 1. The van der Waals surface area contributed by atoms with Crippen LogP contribution >= 0.6 is 0 Å². The molecule has 2 rings (SSSR count). The average Bonchev–Trinajstić information content (AvgIpc) is 3.19. The molecule has 3 nitrogen and oxygen atoms in total. The smallest absolute Gasteiger partial charge is 0.257 e. The maximum atomic E-state index is 13.8. The number of rotatable bonds is 39. The fourth-order valence-corrected chi connectivity index (χ4v) is 8.32. The Morgan fingerprint density at radius 2 is 0.704 bits per heavy atom. The molecule has 0 saturated heterocycles. The van der Waals surface area contributed by atoms with Gasteiger partial charge in [-0.25, -0.2) is 0 Å². The van der Waals surface area contributed by atoms with E-state index < -0.39 is 0 Å². The van der Waals surface area contributed by atoms with E-state index in [0.717, 1.165) is 36.7 Å². The summed E-state index contributed by atoms with van der Waals surface area (Å²) in [4.78, 5) is 15.8. The number of nitrogens with zero attached hydrogens (tertiary/aromatic N) is 1. The third kappa shape index (κ3) is 24.5. The van der Waals surface area contributed by atoms with E-state index in [9.17, 15) is 9.90 Å². The third-order valence-electron chi connectivity index (χ3n) is 12.0. The highest BCUT2D eigenvalue weighted by Gasteiger charge is 2.20. The minimum atomic E-state index is -0.00259. The Balaban J connectivity index is 1.57. The summed E-state index contributed by atoms with van der Waals surface area (Å²) in [5, 5.41) is 12.8. The van der Waals surface area contributed by atoms with Crippen molar-refractivity contribution in [3.05, 3.63) is 42.0 Å². The summed E-state index contributed by atoms with van der Waals surface area (Å²) >= 11 is 0. The molecule has 0 atom stereocenters. The second kappa shape index (κ2) is 35.4. The zero-order valence-corrected chi connectivity index (χ0v) is 36.1. The second-order valence-electron chi connectivity index (χ2n) is 17.0. The fourth-order valence-electron chi connectivity index (χ4n) is 8.32. The molecule has 0 fully saturated rings. The molecule has 2 aromatic rings. The molecule has 0 saturated carbocycles. The lowest BCUT2D eigenvalue weighted by Gasteiger charge is -2.24. The molecule has 0 aliphatic rings. The normalized spacial score (nSPS) is 11.5. The third-order valence-corrected chi connectivity index (χ3v) is 12.0. The van der Waals surface area contributed by atoms with Crippen LogP contribution in [0.25, 0.3) is 10.8 Å². The number of carbonyl (C=O) groups is 1. The van der Waals surface area contributed by atoms with Gasteiger partial charge in [0.15, 0.2) is 0 Å². The molecule has 0 spiro atoms. The van der Waals surface area contributed by atoms with Gasteiger partial charge >= 0.3 is 0 Å². The molecule has 0 aliphatic heterocycles. The molecule has 0 heterocycles. The Kier molecular flexibility index (Phi) is 31.5. The van der Waals surface area contributed by atoms with Crippen LogP contribution in [0.2, 0.25) is 0 Å². The van der Waals surface area contributed by atoms with Crippen LogP contribution < -0.4 is 0 Å². The van der Waals surface area contributed by atoms with Crippen molar-refractivity contribution in [2.45, 2.75) is 245 Å². The number of aromatic hydroxyl groups is 1. The molecule has 1 amide bonds. The van der Waals surface area contributed by atoms with Crippen molar-refractivity contribution in [2.75, 3.05) is 13.1 Å². The Labute approximate surface area is 336 Å². The van der Waals surface area contributed by atoms with Gasteiger partial charge in [-0.2, -0.15) is 0 Å². The van der Waals surface area contributed by atoms with E-state index in [1.807, 2.05) is 41.3 Å². The summed E-state index contributed by atoms with van der Waals surface area (Å²) in [5.41, 5.74) is 0.457. The largest absolute Gasteiger partial charge is 0.506 e. The number of hydrogen-bond donors (Lipinski definition) is 1. The van der Waals surface area contributed by atoms with Gasteiger partial charge in [-0.05, 0) is 24.3 Å². The van der Waals surface area contributed by atoms with E-state index in [0.29, 0.717) is 5.56 Å². The van der Waals surface area contributed by atoms with Crippen molar-refractivity contribution in [2.24, 2.45) is 0 Å². The maximum absolute atomic E-state index is 13.8. The first-order valence-electron chi connectivity index (χ1n) is 24.2. The predicted octanol–water partition coefficient (Wildman–Crippen LogP) is 17.1. The number of fused-ring (bicyclic) bond motifs is 1. The van der Waals surface area contributed by atoms with Crippen LogP contribution in [-0.4, -0.2) is 29.0 Å². The van der Waals surface area contributed by atoms with Crippen molar-refractivity contribution < 1.29 is 9.90 Å². The van der Waals surface area contributed by atoms with Gasteiger partial charge in [-0.3, -0.25) is 4.79 Å². The second-order valence-corrected chi connectivity index (χ2v) is 17.0. The molecule has 310 valence electrons. The number of hydrogen-bond acceptors (Lipinski definition) is 2. The van der Waals surface area contributed by atoms with Crippen LogP contribution in [-0.2, 0) is 0 Å². The zero-order valence-electron chi connectivity index (χ0n) is 36.1. The van der Waals surface area contributed by atoms with Gasteiger partial charge in [0.1, 0.15) is 5.75 Å². The van der Waals surface area contributed by atoms with Gasteiger partial charge in [-0.15, -0.1) is 0 Å². The molecule has 0 bridgehead atoms. The molecule has 2 aromatic carbocycles. The van der Waals surface area contributed by atoms with Crippen LogP contribution in [0.5, 0.6) is 5.75 Å². The van der Waals surface area contributed by atoms with Crippen molar-refractivity contribution in [3.8, 4) is 5.75 Å². The minimum absolute atomic E-state index is 0.00259. The highest BCUT2D eigenvalue weighted by molar-refractivity contribution is 6.03. The van der Waals surface area contributed by atoms with Crippen LogP contribution in [0.3, 0.4) is 0 Å². The summed E-state index contributed by atoms with van der Waals surface area (Å²) in [5.74, 6) is 0.135. The van der Waals surface area contributed by atoms with Gasteiger partial charge in [0.05, 0.1) is 5.56 Å². The van der Waals surface area contributed by atoms with Crippen molar-refractivity contribution in [3.63, 3.8) is 0 Å². The lowest BCUT2D eigenvalue weighted by atomic mass is 10.0. The predicted molar refractivity (Wildman–Crippen MR) is 239 cm³/mol. The Morgan fingerprint density at radius 3 is 1.04 bits per heavy atom. The Morgan fingerprint density at radius 1 is 0.407 bits per heavy atom. The van der Waals surface area contributed by atoms with E-state index >= 15 is 0 Å². The van der Waals surface area contributed by atoms with Crippen molar-refractivity contribution in [1.82, 2.24) is 4.90 Å². The van der Waals surface area contributed by atoms with Crippen LogP contribution in [0.15, 0.2) is 36.4 Å². The number of unbranched alkanes of at least 4 members (excludes halogenated alkanes) is 34. The maximum Gasteiger partial charge on any atom is 0.257 e. The van der Waals surface area contributed by atoms with Gasteiger partial charge in [0.2, 0.25) is 0 Å². The molecule has 3 heteroatoms. The van der Waals surface area contributed by atoms with Crippen molar-refractivity contribution in [1.29, 1.82) is 0 Å². The Bertz CT molecular complexity index is 1090. The average molecular weight is 748 g/mol. The summed E-state index contributed by atoms with van der Waals surface area (Å²) in [7, 11) is 0. The summed E-state index contributed by atoms with van der Waals surface area (Å²) in [6, 6.07) is 11.6. The fraction of sp³-hybridized carbons (Fsp3) is 0.784. The quantitative estimate of drug-likeness (QED) is 0.0692. The lowest BCUT2D eigenvalue weighted by molar-refractivity contribution is 0.0746. The monoisotopic (exact) mass is 748 g/mol. The van der Waals surface area contributed by atoms with Crippen LogP contribution in [0.1, 0.15) is 255 Å². The molecule has 0 aromatic heterocycles. The number of benzene rings is 2. The first kappa shape index (κ1) is 48.1. The Hall–Kier alpha value is -2.03. The molecule has 0 radical (unpaired) electrons. The minimum Gasteiger partial charge on any atom is -0.506 e.